The van der Waals surface area contributed by atoms with Gasteiger partial charge in [0.05, 0.1) is 36.0 Å². The van der Waals surface area contributed by atoms with Crippen LogP contribution in [0.25, 0.3) is 11.3 Å². The van der Waals surface area contributed by atoms with E-state index in [9.17, 15) is 14.7 Å². The van der Waals surface area contributed by atoms with E-state index in [2.05, 4.69) is 20.9 Å². The molecular weight excluding hydrogens is 638 g/mol. The number of rotatable bonds is 15. The number of aromatic nitrogens is 2. The monoisotopic (exact) mass is 675 g/mol. The number of methoxy groups -OCH3 is 1. The SMILES string of the molecule is COc1cccc(N2CCCC(Oc3cccc(OCCOc4ncccc4-c4ncccc4COc4cccc(O)c4C=O)c3C=O)C2)c1. The van der Waals surface area contributed by atoms with Crippen LogP contribution >= 0.6 is 0 Å². The van der Waals surface area contributed by atoms with E-state index in [0.717, 1.165) is 42.7 Å². The molecular formula is C39H37N3O8. The lowest BCUT2D eigenvalue weighted by atomic mass is 10.1. The summed E-state index contributed by atoms with van der Waals surface area (Å²) >= 11 is 0. The second kappa shape index (κ2) is 16.3. The first kappa shape index (κ1) is 33.8. The van der Waals surface area contributed by atoms with Crippen molar-refractivity contribution >= 4 is 18.3 Å². The van der Waals surface area contributed by atoms with Crippen molar-refractivity contribution in [3.8, 4) is 45.9 Å². The maximum atomic E-state index is 12.3. The lowest BCUT2D eigenvalue weighted by Crippen LogP contribution is -2.41. The highest BCUT2D eigenvalue weighted by Gasteiger charge is 2.24. The van der Waals surface area contributed by atoms with Crippen LogP contribution in [0.3, 0.4) is 0 Å². The number of pyridine rings is 2. The zero-order chi connectivity index (χ0) is 34.7. The van der Waals surface area contributed by atoms with Crippen LogP contribution in [0.15, 0.2) is 97.3 Å². The molecule has 0 radical (unpaired) electrons. The summed E-state index contributed by atoms with van der Waals surface area (Å²) in [5.74, 6) is 2.11. The third-order valence-corrected chi connectivity index (χ3v) is 8.28. The fourth-order valence-electron chi connectivity index (χ4n) is 5.83. The molecule has 3 aromatic carbocycles. The van der Waals surface area contributed by atoms with Crippen LogP contribution in [0.1, 0.15) is 39.1 Å². The van der Waals surface area contributed by atoms with Crippen molar-refractivity contribution in [1.82, 2.24) is 9.97 Å². The van der Waals surface area contributed by atoms with Crippen molar-refractivity contribution in [3.05, 3.63) is 114 Å². The Balaban J connectivity index is 1.09. The Hall–Kier alpha value is -6.10. The first-order valence-corrected chi connectivity index (χ1v) is 16.3. The average molecular weight is 676 g/mol. The molecule has 5 aromatic rings. The van der Waals surface area contributed by atoms with E-state index in [0.29, 0.717) is 47.0 Å². The molecule has 6 rings (SSSR count). The predicted molar refractivity (Wildman–Crippen MR) is 187 cm³/mol. The minimum atomic E-state index is -0.158. The molecule has 1 aliphatic rings. The summed E-state index contributed by atoms with van der Waals surface area (Å²) in [4.78, 5) is 35.0. The molecule has 1 fully saturated rings. The zero-order valence-electron chi connectivity index (χ0n) is 27.6. The Morgan fingerprint density at radius 3 is 2.40 bits per heavy atom. The van der Waals surface area contributed by atoms with E-state index >= 15 is 0 Å². The van der Waals surface area contributed by atoms with Crippen LogP contribution in [-0.4, -0.2) is 67.2 Å². The number of phenolic OH excluding ortho intramolecular Hbond substituents is 1. The maximum absolute atomic E-state index is 12.3. The molecule has 0 amide bonds. The Morgan fingerprint density at radius 2 is 1.56 bits per heavy atom. The topological polar surface area (TPSA) is 130 Å². The van der Waals surface area contributed by atoms with Crippen molar-refractivity contribution in [1.29, 1.82) is 0 Å². The normalized spacial score (nSPS) is 14.0. The number of phenols is 1. The van der Waals surface area contributed by atoms with Gasteiger partial charge in [-0.05, 0) is 67.4 Å². The van der Waals surface area contributed by atoms with Crippen molar-refractivity contribution in [2.24, 2.45) is 0 Å². The van der Waals surface area contributed by atoms with E-state index in [1.807, 2.05) is 30.3 Å². The number of nitrogens with zero attached hydrogens (tertiary/aromatic N) is 3. The highest BCUT2D eigenvalue weighted by atomic mass is 16.5. The summed E-state index contributed by atoms with van der Waals surface area (Å²) < 4.78 is 29.7. The second-order valence-electron chi connectivity index (χ2n) is 11.5. The average Bonchev–Trinajstić information content (AvgIpc) is 3.16. The fourth-order valence-corrected chi connectivity index (χ4v) is 5.83. The molecule has 1 N–H and O–H groups in total. The maximum Gasteiger partial charge on any atom is 0.223 e. The van der Waals surface area contributed by atoms with Crippen LogP contribution in [0.2, 0.25) is 0 Å². The van der Waals surface area contributed by atoms with E-state index in [-0.39, 0.29) is 43.0 Å². The number of benzene rings is 3. The number of aldehydes is 2. The van der Waals surface area contributed by atoms with Gasteiger partial charge in [0, 0.05) is 36.3 Å². The Labute approximate surface area is 290 Å². The largest absolute Gasteiger partial charge is 0.507 e. The Kier molecular flexibility index (Phi) is 11.0. The number of anilines is 1. The second-order valence-corrected chi connectivity index (χ2v) is 11.5. The first-order chi connectivity index (χ1) is 24.6. The van der Waals surface area contributed by atoms with E-state index in [4.69, 9.17) is 23.7 Å². The summed E-state index contributed by atoms with van der Waals surface area (Å²) in [7, 11) is 1.66. The van der Waals surface area contributed by atoms with Crippen molar-refractivity contribution < 1.29 is 38.4 Å². The lowest BCUT2D eigenvalue weighted by Gasteiger charge is -2.34. The fraction of sp³-hybridized carbons (Fsp3) is 0.231. The number of aromatic hydroxyl groups is 1. The summed E-state index contributed by atoms with van der Waals surface area (Å²) in [6.07, 6.45) is 6.29. The lowest BCUT2D eigenvalue weighted by molar-refractivity contribution is 0.110. The molecule has 1 atom stereocenters. The number of hydrogen-bond donors (Lipinski definition) is 1. The molecule has 11 nitrogen and oxygen atoms in total. The van der Waals surface area contributed by atoms with Gasteiger partial charge in [-0.1, -0.05) is 24.3 Å². The highest BCUT2D eigenvalue weighted by Crippen LogP contribution is 2.33. The van der Waals surface area contributed by atoms with Crippen LogP contribution in [0.5, 0.6) is 34.6 Å². The number of carbonyl (C=O) groups excluding carboxylic acids is 2. The molecule has 11 heteroatoms. The molecule has 0 saturated carbocycles. The van der Waals surface area contributed by atoms with E-state index in [1.54, 1.807) is 62.0 Å². The van der Waals surface area contributed by atoms with Crippen LogP contribution in [-0.2, 0) is 6.61 Å². The summed E-state index contributed by atoms with van der Waals surface area (Å²) in [6, 6.07) is 25.2. The van der Waals surface area contributed by atoms with Crippen LogP contribution in [0, 0.1) is 0 Å². The molecule has 256 valence electrons. The molecule has 3 heterocycles. The van der Waals surface area contributed by atoms with Gasteiger partial charge < -0.3 is 33.7 Å². The predicted octanol–water partition coefficient (Wildman–Crippen LogP) is 6.57. The number of ether oxygens (including phenoxy) is 5. The van der Waals surface area contributed by atoms with Gasteiger partial charge in [0.25, 0.3) is 0 Å². The molecule has 1 saturated heterocycles. The van der Waals surface area contributed by atoms with Crippen molar-refractivity contribution in [2.75, 3.05) is 38.3 Å². The summed E-state index contributed by atoms with van der Waals surface area (Å²) in [5, 5.41) is 10.0. The Bertz CT molecular complexity index is 1930. The van der Waals surface area contributed by atoms with Crippen LogP contribution < -0.4 is 28.6 Å². The van der Waals surface area contributed by atoms with Crippen LogP contribution in [0.4, 0.5) is 5.69 Å². The zero-order valence-corrected chi connectivity index (χ0v) is 27.6. The van der Waals surface area contributed by atoms with Gasteiger partial charge in [0.2, 0.25) is 5.88 Å². The smallest absolute Gasteiger partial charge is 0.223 e. The quantitative estimate of drug-likeness (QED) is 0.0956. The van der Waals surface area contributed by atoms with Gasteiger partial charge in [-0.2, -0.15) is 0 Å². The molecule has 0 bridgehead atoms. The minimum Gasteiger partial charge on any atom is -0.507 e. The molecule has 0 aliphatic carbocycles. The van der Waals surface area contributed by atoms with Gasteiger partial charge in [-0.3, -0.25) is 14.6 Å². The standard InChI is InChI=1S/C39H37N3O8/c1-46-29-10-2-9-28(22-29)42-19-7-11-30(23-42)50-37-16-4-15-36(33(37)25-44)47-20-21-48-39-31(12-6-18-41-39)38-27(8-5-17-40-38)26-49-35-14-3-13-34(45)32(35)24-43/h2-6,8-10,12-18,22,24-25,30,45H,7,11,19-21,23,26H2,1H3. The number of piperidine rings is 1. The van der Waals surface area contributed by atoms with Gasteiger partial charge >= 0.3 is 0 Å². The number of carbonyl (C=O) groups is 2. The summed E-state index contributed by atoms with van der Waals surface area (Å²) in [5.41, 5.74) is 3.42. The first-order valence-electron chi connectivity index (χ1n) is 16.3. The third-order valence-electron chi connectivity index (χ3n) is 8.28. The molecule has 1 unspecified atom stereocenters. The molecule has 1 aliphatic heterocycles. The van der Waals surface area contributed by atoms with Crippen molar-refractivity contribution in [2.45, 2.75) is 25.6 Å². The highest BCUT2D eigenvalue weighted by molar-refractivity contribution is 5.84. The van der Waals surface area contributed by atoms with Crippen molar-refractivity contribution in [3.63, 3.8) is 0 Å². The van der Waals surface area contributed by atoms with E-state index in [1.165, 1.54) is 6.07 Å². The van der Waals surface area contributed by atoms with Gasteiger partial charge in [0.15, 0.2) is 12.6 Å². The third kappa shape index (κ3) is 7.95. The number of hydrogen-bond acceptors (Lipinski definition) is 11. The molecule has 2 aromatic heterocycles. The molecule has 0 spiro atoms. The van der Waals surface area contributed by atoms with E-state index < -0.39 is 0 Å². The minimum absolute atomic E-state index is 0.0724. The van der Waals surface area contributed by atoms with Gasteiger partial charge in [-0.25, -0.2) is 4.98 Å². The summed E-state index contributed by atoms with van der Waals surface area (Å²) in [6.45, 7) is 1.94. The van der Waals surface area contributed by atoms with Gasteiger partial charge in [-0.15, -0.1) is 0 Å². The Morgan fingerprint density at radius 1 is 0.820 bits per heavy atom. The van der Waals surface area contributed by atoms with Gasteiger partial charge in [0.1, 0.15) is 54.7 Å². The molecule has 50 heavy (non-hydrogen) atoms.